The lowest BCUT2D eigenvalue weighted by atomic mass is 10.3. The Bertz CT molecular complexity index is 200. The summed E-state index contributed by atoms with van der Waals surface area (Å²) in [4.78, 5) is 0. The second kappa shape index (κ2) is 11.2. The highest BCUT2D eigenvalue weighted by atomic mass is 31.2. The Morgan fingerprint density at radius 1 is 1.00 bits per heavy atom. The molecular weight excluding hydrogens is 243 g/mol. The van der Waals surface area contributed by atoms with Crippen LogP contribution < -0.4 is 0 Å². The lowest BCUT2D eigenvalue weighted by Gasteiger charge is -2.16. The van der Waals surface area contributed by atoms with Gasteiger partial charge >= 0.3 is 7.60 Å². The van der Waals surface area contributed by atoms with Crippen LogP contribution >= 0.6 is 7.60 Å². The summed E-state index contributed by atoms with van der Waals surface area (Å²) in [5.74, 6) is 0. The molecule has 0 heterocycles. The first-order valence-electron chi connectivity index (χ1n) is 6.13. The van der Waals surface area contributed by atoms with Crippen LogP contribution in [0.15, 0.2) is 0 Å². The van der Waals surface area contributed by atoms with Gasteiger partial charge in [-0.25, -0.2) is 0 Å². The van der Waals surface area contributed by atoms with E-state index < -0.39 is 7.60 Å². The van der Waals surface area contributed by atoms with E-state index >= 15 is 0 Å². The van der Waals surface area contributed by atoms with Crippen LogP contribution in [-0.2, 0) is 23.1 Å². The topological polar surface area (TPSA) is 54.0 Å². The molecule has 0 bridgehead atoms. The zero-order valence-electron chi connectivity index (χ0n) is 11.1. The van der Waals surface area contributed by atoms with Crippen LogP contribution in [0, 0.1) is 0 Å². The fraction of sp³-hybridized carbons (Fsp3) is 1.00. The maximum Gasteiger partial charge on any atom is 0.330 e. The third kappa shape index (κ3) is 9.74. The number of hydrogen-bond donors (Lipinski definition) is 0. The van der Waals surface area contributed by atoms with Crippen molar-refractivity contribution < 1.29 is 23.1 Å². The minimum Gasteiger partial charge on any atom is -0.359 e. The van der Waals surface area contributed by atoms with Crippen molar-refractivity contribution in [1.29, 1.82) is 0 Å². The Hall–Kier alpha value is 0.0700. The molecule has 0 rings (SSSR count). The standard InChI is InChI=1S/C11H25O5P/c1-4-15-17(12,16-5-2)10-8-6-7-9-14-11-13-3/h4-11H2,1-3H3. The van der Waals surface area contributed by atoms with E-state index in [2.05, 4.69) is 0 Å². The monoisotopic (exact) mass is 268 g/mol. The molecule has 0 saturated carbocycles. The number of hydrogen-bond acceptors (Lipinski definition) is 5. The Morgan fingerprint density at radius 3 is 2.18 bits per heavy atom. The molecule has 0 aliphatic rings. The molecule has 104 valence electrons. The van der Waals surface area contributed by atoms with Gasteiger partial charge in [0.05, 0.1) is 19.4 Å². The second-order valence-electron chi connectivity index (χ2n) is 3.55. The molecule has 6 heteroatoms. The van der Waals surface area contributed by atoms with Crippen molar-refractivity contribution in [1.82, 2.24) is 0 Å². The van der Waals surface area contributed by atoms with Crippen LogP contribution in [0.25, 0.3) is 0 Å². The first-order chi connectivity index (χ1) is 8.18. The second-order valence-corrected chi connectivity index (χ2v) is 5.73. The van der Waals surface area contributed by atoms with Crippen molar-refractivity contribution in [3.63, 3.8) is 0 Å². The molecule has 0 unspecified atom stereocenters. The van der Waals surface area contributed by atoms with Crippen molar-refractivity contribution in [3.8, 4) is 0 Å². The van der Waals surface area contributed by atoms with Gasteiger partial charge in [0.15, 0.2) is 0 Å². The van der Waals surface area contributed by atoms with Crippen molar-refractivity contribution in [2.75, 3.05) is 39.9 Å². The van der Waals surface area contributed by atoms with Gasteiger partial charge in [0.25, 0.3) is 0 Å². The fourth-order valence-electron chi connectivity index (χ4n) is 1.39. The summed E-state index contributed by atoms with van der Waals surface area (Å²) >= 11 is 0. The lowest BCUT2D eigenvalue weighted by Crippen LogP contribution is -2.02. The van der Waals surface area contributed by atoms with E-state index in [4.69, 9.17) is 18.5 Å². The zero-order valence-corrected chi connectivity index (χ0v) is 12.0. The summed E-state index contributed by atoms with van der Waals surface area (Å²) in [6.07, 6.45) is 3.20. The lowest BCUT2D eigenvalue weighted by molar-refractivity contribution is -0.0315. The van der Waals surface area contributed by atoms with Gasteiger partial charge in [0, 0.05) is 13.7 Å². The predicted molar refractivity (Wildman–Crippen MR) is 67.4 cm³/mol. The van der Waals surface area contributed by atoms with Crippen molar-refractivity contribution in [2.45, 2.75) is 33.1 Å². The molecule has 0 aromatic rings. The summed E-state index contributed by atoms with van der Waals surface area (Å²) in [6.45, 7) is 5.49. The third-order valence-corrected chi connectivity index (χ3v) is 4.24. The third-order valence-electron chi connectivity index (χ3n) is 2.07. The summed E-state index contributed by atoms with van der Waals surface area (Å²) in [7, 11) is -1.25. The summed E-state index contributed by atoms with van der Waals surface area (Å²) in [5, 5.41) is 0. The molecule has 17 heavy (non-hydrogen) atoms. The average molecular weight is 268 g/mol. The van der Waals surface area contributed by atoms with Crippen molar-refractivity contribution in [3.05, 3.63) is 0 Å². The highest BCUT2D eigenvalue weighted by molar-refractivity contribution is 7.53. The molecule has 0 saturated heterocycles. The van der Waals surface area contributed by atoms with E-state index in [0.29, 0.717) is 32.8 Å². The van der Waals surface area contributed by atoms with Gasteiger partial charge in [-0.05, 0) is 26.7 Å². The first-order valence-corrected chi connectivity index (χ1v) is 7.86. The van der Waals surface area contributed by atoms with Gasteiger partial charge in [-0.1, -0.05) is 6.42 Å². The molecule has 0 spiro atoms. The van der Waals surface area contributed by atoms with Crippen LogP contribution in [0.5, 0.6) is 0 Å². The normalized spacial score (nSPS) is 11.9. The van der Waals surface area contributed by atoms with Crippen LogP contribution in [0.3, 0.4) is 0 Å². The van der Waals surface area contributed by atoms with Crippen molar-refractivity contribution in [2.24, 2.45) is 0 Å². The van der Waals surface area contributed by atoms with Crippen LogP contribution in [-0.4, -0.2) is 39.9 Å². The van der Waals surface area contributed by atoms with Gasteiger partial charge in [-0.15, -0.1) is 0 Å². The number of unbranched alkanes of at least 4 members (excludes halogenated alkanes) is 2. The minimum absolute atomic E-state index is 0.330. The maximum absolute atomic E-state index is 12.1. The zero-order chi connectivity index (χ0) is 13.0. The Morgan fingerprint density at radius 2 is 1.65 bits per heavy atom. The average Bonchev–Trinajstić information content (AvgIpc) is 2.28. The molecule has 0 N–H and O–H groups in total. The van der Waals surface area contributed by atoms with Crippen LogP contribution in [0.2, 0.25) is 0 Å². The number of ether oxygens (including phenoxy) is 2. The Balaban J connectivity index is 3.58. The van der Waals surface area contributed by atoms with Gasteiger partial charge in [0.2, 0.25) is 0 Å². The van der Waals surface area contributed by atoms with Gasteiger partial charge in [-0.2, -0.15) is 0 Å². The van der Waals surface area contributed by atoms with Gasteiger partial charge in [0.1, 0.15) is 6.79 Å². The highest BCUT2D eigenvalue weighted by Crippen LogP contribution is 2.48. The molecule has 0 aliphatic carbocycles. The van der Waals surface area contributed by atoms with E-state index in [1.807, 2.05) is 13.8 Å². The summed E-state index contributed by atoms with van der Waals surface area (Å²) in [6, 6.07) is 0. The Kier molecular flexibility index (Phi) is 11.2. The molecule has 0 aromatic heterocycles. The van der Waals surface area contributed by atoms with E-state index in [9.17, 15) is 4.57 Å². The fourth-order valence-corrected chi connectivity index (χ4v) is 3.12. The smallest absolute Gasteiger partial charge is 0.330 e. The molecule has 0 fully saturated rings. The molecule has 5 nitrogen and oxygen atoms in total. The van der Waals surface area contributed by atoms with Crippen LogP contribution in [0.4, 0.5) is 0 Å². The Labute approximate surface area is 104 Å². The van der Waals surface area contributed by atoms with Gasteiger partial charge < -0.3 is 18.5 Å². The quantitative estimate of drug-likeness (QED) is 0.309. The summed E-state index contributed by atoms with van der Waals surface area (Å²) in [5.41, 5.74) is 0. The molecule has 0 aliphatic heterocycles. The van der Waals surface area contributed by atoms with Crippen LogP contribution in [0.1, 0.15) is 33.1 Å². The predicted octanol–water partition coefficient (Wildman–Crippen LogP) is 3.04. The largest absolute Gasteiger partial charge is 0.359 e. The van der Waals surface area contributed by atoms with E-state index in [1.54, 1.807) is 7.11 Å². The van der Waals surface area contributed by atoms with Gasteiger partial charge in [-0.3, -0.25) is 4.57 Å². The van der Waals surface area contributed by atoms with E-state index in [-0.39, 0.29) is 0 Å². The van der Waals surface area contributed by atoms with E-state index in [1.165, 1.54) is 0 Å². The molecule has 0 atom stereocenters. The highest BCUT2D eigenvalue weighted by Gasteiger charge is 2.22. The minimum atomic E-state index is -2.85. The maximum atomic E-state index is 12.1. The first kappa shape index (κ1) is 17.1. The number of rotatable bonds is 12. The molecule has 0 amide bonds. The summed E-state index contributed by atoms with van der Waals surface area (Å²) < 4.78 is 32.4. The SMILES string of the molecule is CCOP(=O)(CCCCCOCOC)OCC. The number of methoxy groups -OCH3 is 1. The van der Waals surface area contributed by atoms with E-state index in [0.717, 1.165) is 19.3 Å². The molecular formula is C11H25O5P. The molecule has 0 radical (unpaired) electrons. The van der Waals surface area contributed by atoms with Crippen molar-refractivity contribution >= 4 is 7.60 Å². The molecule has 0 aromatic carbocycles.